The van der Waals surface area contributed by atoms with Crippen LogP contribution in [0.15, 0.2) is 28.6 Å². The van der Waals surface area contributed by atoms with Crippen molar-refractivity contribution in [3.05, 3.63) is 24.0 Å². The molecule has 0 saturated heterocycles. The minimum absolute atomic E-state index is 0.233. The first-order valence-corrected chi connectivity index (χ1v) is 6.72. The molecule has 2 aromatic rings. The third-order valence-electron chi connectivity index (χ3n) is 3.05. The molecule has 1 aromatic carbocycles. The van der Waals surface area contributed by atoms with E-state index in [2.05, 4.69) is 20.2 Å². The first kappa shape index (κ1) is 16.5. The Morgan fingerprint density at radius 2 is 1.43 bits per heavy atom. The summed E-state index contributed by atoms with van der Waals surface area (Å²) in [6, 6.07) is 3.36. The molecule has 0 aliphatic heterocycles. The van der Waals surface area contributed by atoms with Crippen molar-refractivity contribution in [1.29, 1.82) is 0 Å². The van der Waals surface area contributed by atoms with Crippen LogP contribution < -0.4 is 18.9 Å². The summed E-state index contributed by atoms with van der Waals surface area (Å²) < 4.78 is 20.9. The highest BCUT2D eigenvalue weighted by atomic mass is 16.5. The summed E-state index contributed by atoms with van der Waals surface area (Å²) in [6.45, 7) is 1.80. The molecular weight excluding hydrogens is 300 g/mol. The normalized spacial score (nSPS) is 10.7. The standard InChI is InChI=1S/C15H18N4O4/c1-9-13(22-4)8-16-15(17-9)19-18-10-6-11(20-2)14(23-5)12(7-10)21-3/h6-8H,1-5H3. The molecule has 0 amide bonds. The predicted octanol–water partition coefficient (Wildman–Crippen LogP) is 3.23. The van der Waals surface area contributed by atoms with Gasteiger partial charge in [-0.1, -0.05) is 0 Å². The Morgan fingerprint density at radius 3 is 1.91 bits per heavy atom. The Labute approximate surface area is 134 Å². The Morgan fingerprint density at radius 1 is 0.826 bits per heavy atom. The molecule has 1 aromatic heterocycles. The maximum absolute atomic E-state index is 5.27. The number of nitrogens with zero attached hydrogens (tertiary/aromatic N) is 4. The second-order valence-corrected chi connectivity index (χ2v) is 4.41. The maximum atomic E-state index is 5.27. The summed E-state index contributed by atoms with van der Waals surface area (Å²) in [5.41, 5.74) is 1.21. The van der Waals surface area contributed by atoms with Crippen molar-refractivity contribution >= 4 is 11.6 Å². The van der Waals surface area contributed by atoms with Gasteiger partial charge in [-0.05, 0) is 6.92 Å². The summed E-state index contributed by atoms with van der Waals surface area (Å²) >= 11 is 0. The maximum Gasteiger partial charge on any atom is 0.269 e. The van der Waals surface area contributed by atoms with Crippen molar-refractivity contribution in [2.75, 3.05) is 28.4 Å². The first-order valence-electron chi connectivity index (χ1n) is 6.72. The molecule has 0 fully saturated rings. The number of azo groups is 1. The second kappa shape index (κ2) is 7.39. The number of hydrogen-bond donors (Lipinski definition) is 0. The van der Waals surface area contributed by atoms with Gasteiger partial charge in [-0.3, -0.25) is 0 Å². The minimum atomic E-state index is 0.233. The van der Waals surface area contributed by atoms with Gasteiger partial charge in [0.15, 0.2) is 17.2 Å². The fourth-order valence-corrected chi connectivity index (χ4v) is 1.92. The molecule has 8 nitrogen and oxygen atoms in total. The highest BCUT2D eigenvalue weighted by molar-refractivity contribution is 5.60. The number of benzene rings is 1. The van der Waals surface area contributed by atoms with Gasteiger partial charge in [0.2, 0.25) is 5.75 Å². The molecule has 0 saturated carbocycles. The number of methoxy groups -OCH3 is 4. The highest BCUT2D eigenvalue weighted by Crippen LogP contribution is 2.41. The van der Waals surface area contributed by atoms with Gasteiger partial charge in [-0.15, -0.1) is 10.2 Å². The quantitative estimate of drug-likeness (QED) is 0.760. The largest absolute Gasteiger partial charge is 0.493 e. The van der Waals surface area contributed by atoms with E-state index in [9.17, 15) is 0 Å². The molecule has 8 heteroatoms. The number of ether oxygens (including phenoxy) is 4. The lowest BCUT2D eigenvalue weighted by Crippen LogP contribution is -1.94. The summed E-state index contributed by atoms with van der Waals surface area (Å²) in [6.07, 6.45) is 1.55. The molecule has 0 aliphatic rings. The van der Waals surface area contributed by atoms with Crippen LogP contribution in [0.2, 0.25) is 0 Å². The molecule has 2 rings (SSSR count). The van der Waals surface area contributed by atoms with Crippen molar-refractivity contribution in [2.24, 2.45) is 10.2 Å². The van der Waals surface area contributed by atoms with Crippen LogP contribution in [0, 0.1) is 6.92 Å². The van der Waals surface area contributed by atoms with Gasteiger partial charge >= 0.3 is 0 Å². The Kier molecular flexibility index (Phi) is 5.29. The van der Waals surface area contributed by atoms with Crippen LogP contribution in [-0.2, 0) is 0 Å². The Hall–Kier alpha value is -2.90. The van der Waals surface area contributed by atoms with Crippen LogP contribution in [0.4, 0.5) is 11.6 Å². The van der Waals surface area contributed by atoms with E-state index in [4.69, 9.17) is 18.9 Å². The lowest BCUT2D eigenvalue weighted by molar-refractivity contribution is 0.324. The molecule has 0 spiro atoms. The zero-order valence-electron chi connectivity index (χ0n) is 13.7. The molecule has 23 heavy (non-hydrogen) atoms. The lowest BCUT2D eigenvalue weighted by Gasteiger charge is -2.12. The van der Waals surface area contributed by atoms with E-state index < -0.39 is 0 Å². The van der Waals surface area contributed by atoms with Gasteiger partial charge in [0.05, 0.1) is 46.0 Å². The lowest BCUT2D eigenvalue weighted by atomic mass is 10.2. The van der Waals surface area contributed by atoms with Crippen LogP contribution in [0.1, 0.15) is 5.69 Å². The average Bonchev–Trinajstić information content (AvgIpc) is 2.58. The third-order valence-corrected chi connectivity index (χ3v) is 3.05. The number of hydrogen-bond acceptors (Lipinski definition) is 8. The highest BCUT2D eigenvalue weighted by Gasteiger charge is 2.13. The molecule has 0 unspecified atom stereocenters. The van der Waals surface area contributed by atoms with E-state index in [1.165, 1.54) is 21.3 Å². The monoisotopic (exact) mass is 318 g/mol. The molecule has 0 aliphatic carbocycles. The zero-order valence-corrected chi connectivity index (χ0v) is 13.7. The van der Waals surface area contributed by atoms with Gasteiger partial charge in [0.1, 0.15) is 0 Å². The number of aromatic nitrogens is 2. The van der Waals surface area contributed by atoms with Crippen molar-refractivity contribution in [3.63, 3.8) is 0 Å². The van der Waals surface area contributed by atoms with Crippen LogP contribution in [0.5, 0.6) is 23.0 Å². The van der Waals surface area contributed by atoms with E-state index in [0.29, 0.717) is 34.4 Å². The minimum Gasteiger partial charge on any atom is -0.493 e. The van der Waals surface area contributed by atoms with Gasteiger partial charge in [0.25, 0.3) is 5.95 Å². The summed E-state index contributed by atoms with van der Waals surface area (Å²) in [5, 5.41) is 8.12. The molecule has 0 atom stereocenters. The van der Waals surface area contributed by atoms with Crippen molar-refractivity contribution in [1.82, 2.24) is 9.97 Å². The summed E-state index contributed by atoms with van der Waals surface area (Å²) in [5.74, 6) is 2.31. The molecule has 1 heterocycles. The van der Waals surface area contributed by atoms with Crippen LogP contribution in [-0.4, -0.2) is 38.4 Å². The fourth-order valence-electron chi connectivity index (χ4n) is 1.92. The van der Waals surface area contributed by atoms with Crippen molar-refractivity contribution in [2.45, 2.75) is 6.92 Å². The van der Waals surface area contributed by atoms with E-state index in [-0.39, 0.29) is 5.95 Å². The third kappa shape index (κ3) is 3.65. The first-order chi connectivity index (χ1) is 11.1. The van der Waals surface area contributed by atoms with Gasteiger partial charge in [-0.2, -0.15) is 0 Å². The van der Waals surface area contributed by atoms with E-state index in [0.717, 1.165) is 0 Å². The smallest absolute Gasteiger partial charge is 0.269 e. The Bertz CT molecular complexity index is 694. The van der Waals surface area contributed by atoms with Crippen molar-refractivity contribution in [3.8, 4) is 23.0 Å². The molecule has 122 valence electrons. The predicted molar refractivity (Wildman–Crippen MR) is 83.6 cm³/mol. The molecule has 0 N–H and O–H groups in total. The summed E-state index contributed by atoms with van der Waals surface area (Å²) in [7, 11) is 6.17. The van der Waals surface area contributed by atoms with E-state index >= 15 is 0 Å². The van der Waals surface area contributed by atoms with Gasteiger partial charge in [-0.25, -0.2) is 9.97 Å². The van der Waals surface area contributed by atoms with Gasteiger partial charge in [0, 0.05) is 12.1 Å². The van der Waals surface area contributed by atoms with Crippen LogP contribution in [0.3, 0.4) is 0 Å². The SMILES string of the molecule is COc1cnc(N=Nc2cc(OC)c(OC)c(OC)c2)nc1C. The number of rotatable bonds is 6. The van der Waals surface area contributed by atoms with Crippen LogP contribution in [0.25, 0.3) is 0 Å². The molecule has 0 radical (unpaired) electrons. The topological polar surface area (TPSA) is 87.4 Å². The zero-order chi connectivity index (χ0) is 16.8. The molecular formula is C15H18N4O4. The second-order valence-electron chi connectivity index (χ2n) is 4.41. The van der Waals surface area contributed by atoms with Crippen LogP contribution >= 0.6 is 0 Å². The average molecular weight is 318 g/mol. The fraction of sp³-hybridized carbons (Fsp3) is 0.333. The van der Waals surface area contributed by atoms with E-state index in [1.807, 2.05) is 0 Å². The van der Waals surface area contributed by atoms with E-state index in [1.54, 1.807) is 32.4 Å². The molecule has 0 bridgehead atoms. The summed E-state index contributed by atoms with van der Waals surface area (Å²) in [4.78, 5) is 8.25. The van der Waals surface area contributed by atoms with Crippen molar-refractivity contribution < 1.29 is 18.9 Å². The van der Waals surface area contributed by atoms with Gasteiger partial charge < -0.3 is 18.9 Å². The number of aryl methyl sites for hydroxylation is 1. The Balaban J connectivity index is 2.34.